The Morgan fingerprint density at radius 1 is 1.67 bits per heavy atom. The molecule has 0 rings (SSSR count). The summed E-state index contributed by atoms with van der Waals surface area (Å²) in [4.78, 5) is 3.31. The van der Waals surface area contributed by atoms with Crippen molar-refractivity contribution >= 4 is 6.72 Å². The fourth-order valence-corrected chi connectivity index (χ4v) is 0.163. The number of nitrogens with zero attached hydrogens (tertiary/aromatic N) is 2. The zero-order valence-corrected chi connectivity index (χ0v) is 4.18. The van der Waals surface area contributed by atoms with Crippen LogP contribution in [0.15, 0.2) is 5.11 Å². The van der Waals surface area contributed by atoms with Crippen molar-refractivity contribution in [2.75, 3.05) is 0 Å². The van der Waals surface area contributed by atoms with Crippen LogP contribution in [-0.2, 0) is 0 Å². The molecule has 0 aromatic carbocycles. The Hall–Kier alpha value is -0.620. The molecule has 0 aliphatic carbocycles. The quantitative estimate of drug-likeness (QED) is 0.255. The van der Waals surface area contributed by atoms with E-state index in [1.807, 2.05) is 13.8 Å². The molecule has 2 nitrogen and oxygen atoms in total. The van der Waals surface area contributed by atoms with Crippen molar-refractivity contribution in [3.8, 4) is 0 Å². The molecule has 0 N–H and O–H groups in total. The van der Waals surface area contributed by atoms with Crippen LogP contribution < -0.4 is 0 Å². The maximum Gasteiger partial charge on any atom is 0.295 e. The molecular formula is C4H9N2+. The average molecular weight is 85.1 g/mol. The maximum absolute atomic E-state index is 3.64. The molecular weight excluding hydrogens is 76.1 g/mol. The van der Waals surface area contributed by atoms with E-state index in [-0.39, 0.29) is 0 Å². The van der Waals surface area contributed by atoms with Crippen LogP contribution in [0.5, 0.6) is 0 Å². The topological polar surface area (TPSA) is 26.5 Å². The summed E-state index contributed by atoms with van der Waals surface area (Å²) in [6, 6.07) is 0.294. The first kappa shape index (κ1) is 5.38. The molecule has 0 heterocycles. The van der Waals surface area contributed by atoms with Crippen LogP contribution in [0.2, 0.25) is 0 Å². The van der Waals surface area contributed by atoms with Crippen LogP contribution in [0.4, 0.5) is 0 Å². The van der Waals surface area contributed by atoms with Gasteiger partial charge < -0.3 is 0 Å². The third-order valence-electron chi connectivity index (χ3n) is 0.313. The SMILES string of the molecule is C=[N+]=NC(C)C. The molecule has 0 aliphatic heterocycles. The van der Waals surface area contributed by atoms with Crippen LogP contribution >= 0.6 is 0 Å². The monoisotopic (exact) mass is 85.1 g/mol. The van der Waals surface area contributed by atoms with Gasteiger partial charge in [-0.3, -0.25) is 0 Å². The lowest BCUT2D eigenvalue weighted by molar-refractivity contribution is -0.0847. The van der Waals surface area contributed by atoms with Gasteiger partial charge in [-0.05, 0) is 13.8 Å². The highest BCUT2D eigenvalue weighted by Crippen LogP contribution is 1.78. The summed E-state index contributed by atoms with van der Waals surface area (Å²) >= 11 is 0. The van der Waals surface area contributed by atoms with Gasteiger partial charge in [-0.25, -0.2) is 0 Å². The molecule has 0 atom stereocenters. The van der Waals surface area contributed by atoms with E-state index in [9.17, 15) is 0 Å². The molecule has 34 valence electrons. The normalized spacial score (nSPS) is 7.83. The highest BCUT2D eigenvalue weighted by atomic mass is 15.0. The zero-order chi connectivity index (χ0) is 4.99. The minimum atomic E-state index is 0.294. The molecule has 0 aromatic heterocycles. The van der Waals surface area contributed by atoms with Crippen LogP contribution in [-0.4, -0.2) is 17.5 Å². The van der Waals surface area contributed by atoms with Crippen molar-refractivity contribution < 1.29 is 4.79 Å². The van der Waals surface area contributed by atoms with Crippen molar-refractivity contribution in [1.29, 1.82) is 0 Å². The van der Waals surface area contributed by atoms with E-state index in [0.717, 1.165) is 0 Å². The van der Waals surface area contributed by atoms with Gasteiger partial charge in [0.1, 0.15) is 6.04 Å². The second-order valence-electron chi connectivity index (χ2n) is 1.35. The molecule has 0 amide bonds. The lowest BCUT2D eigenvalue weighted by Gasteiger charge is -1.73. The van der Waals surface area contributed by atoms with Crippen LogP contribution in [0.3, 0.4) is 0 Å². The molecule has 0 saturated heterocycles. The second-order valence-corrected chi connectivity index (χ2v) is 1.35. The summed E-state index contributed by atoms with van der Waals surface area (Å²) in [6.45, 7) is 7.09. The summed E-state index contributed by atoms with van der Waals surface area (Å²) < 4.78 is 0. The van der Waals surface area contributed by atoms with Crippen molar-refractivity contribution in [2.24, 2.45) is 5.11 Å². The standard InChI is InChI=1S/C4H9N2/c1-4(2)6-5-3/h4H,3H2,1-2H3/q+1. The molecule has 0 spiro atoms. The van der Waals surface area contributed by atoms with Gasteiger partial charge in [-0.15, -0.1) is 0 Å². The predicted octanol–water partition coefficient (Wildman–Crippen LogP) is 0.756. The molecule has 0 bridgehead atoms. The number of hydrogen-bond acceptors (Lipinski definition) is 1. The van der Waals surface area contributed by atoms with Gasteiger partial charge in [0, 0.05) is 4.79 Å². The summed E-state index contributed by atoms with van der Waals surface area (Å²) in [5.41, 5.74) is 0. The van der Waals surface area contributed by atoms with Gasteiger partial charge in [-0.2, -0.15) is 0 Å². The Labute approximate surface area is 37.6 Å². The Kier molecular flexibility index (Phi) is 2.34. The number of rotatable bonds is 1. The van der Waals surface area contributed by atoms with Gasteiger partial charge in [0.15, 0.2) is 0 Å². The number of hydrogen-bond donors (Lipinski definition) is 0. The molecule has 6 heavy (non-hydrogen) atoms. The minimum absolute atomic E-state index is 0.294. The van der Waals surface area contributed by atoms with Gasteiger partial charge in [-0.1, -0.05) is 0 Å². The van der Waals surface area contributed by atoms with Crippen LogP contribution in [0, 0.1) is 0 Å². The van der Waals surface area contributed by atoms with E-state index >= 15 is 0 Å². The van der Waals surface area contributed by atoms with Gasteiger partial charge in [0.25, 0.3) is 6.72 Å². The molecule has 0 fully saturated rings. The fourth-order valence-electron chi connectivity index (χ4n) is 0.163. The van der Waals surface area contributed by atoms with Gasteiger partial charge >= 0.3 is 0 Å². The Balaban J connectivity index is 3.29. The summed E-state index contributed by atoms with van der Waals surface area (Å²) in [6.07, 6.45) is 0. The smallest absolute Gasteiger partial charge is 0.0358 e. The summed E-state index contributed by atoms with van der Waals surface area (Å²) in [5.74, 6) is 0. The Bertz CT molecular complexity index is 69.6. The lowest BCUT2D eigenvalue weighted by Crippen LogP contribution is -1.84. The third kappa shape index (κ3) is 3.38. The highest BCUT2D eigenvalue weighted by Gasteiger charge is 1.87. The first-order valence-electron chi connectivity index (χ1n) is 1.93. The predicted molar refractivity (Wildman–Crippen MR) is 24.9 cm³/mol. The van der Waals surface area contributed by atoms with E-state index < -0.39 is 0 Å². The third-order valence-corrected chi connectivity index (χ3v) is 0.313. The van der Waals surface area contributed by atoms with E-state index in [2.05, 4.69) is 16.6 Å². The van der Waals surface area contributed by atoms with Crippen molar-refractivity contribution in [2.45, 2.75) is 19.9 Å². The summed E-state index contributed by atoms with van der Waals surface area (Å²) in [7, 11) is 0. The lowest BCUT2D eigenvalue weighted by atomic mass is 10.4. The first-order valence-corrected chi connectivity index (χ1v) is 1.93. The van der Waals surface area contributed by atoms with Crippen LogP contribution in [0.1, 0.15) is 13.8 Å². The first-order chi connectivity index (χ1) is 2.77. The Morgan fingerprint density at radius 3 is 2.17 bits per heavy atom. The molecule has 0 aliphatic rings. The summed E-state index contributed by atoms with van der Waals surface area (Å²) in [5, 5.41) is 3.64. The van der Waals surface area contributed by atoms with Gasteiger partial charge in [0.2, 0.25) is 0 Å². The Morgan fingerprint density at radius 2 is 2.17 bits per heavy atom. The molecule has 0 saturated carbocycles. The van der Waals surface area contributed by atoms with Crippen molar-refractivity contribution in [3.63, 3.8) is 0 Å². The van der Waals surface area contributed by atoms with E-state index in [1.165, 1.54) is 0 Å². The van der Waals surface area contributed by atoms with Crippen molar-refractivity contribution in [1.82, 2.24) is 0 Å². The van der Waals surface area contributed by atoms with E-state index in [4.69, 9.17) is 0 Å². The molecule has 2 heteroatoms. The maximum atomic E-state index is 3.64. The highest BCUT2D eigenvalue weighted by molar-refractivity contribution is 5.12. The van der Waals surface area contributed by atoms with Gasteiger partial charge in [0.05, 0.1) is 5.11 Å². The van der Waals surface area contributed by atoms with E-state index in [0.29, 0.717) is 6.04 Å². The van der Waals surface area contributed by atoms with Crippen molar-refractivity contribution in [3.05, 3.63) is 0 Å². The van der Waals surface area contributed by atoms with Crippen LogP contribution in [0.25, 0.3) is 0 Å². The fraction of sp³-hybridized carbons (Fsp3) is 0.750. The van der Waals surface area contributed by atoms with E-state index in [1.54, 1.807) is 0 Å². The molecule has 0 aromatic rings. The molecule has 0 unspecified atom stereocenters. The largest absolute Gasteiger partial charge is 0.295 e. The average Bonchev–Trinajstić information content (AvgIpc) is 1.35. The second kappa shape index (κ2) is 2.61. The zero-order valence-electron chi connectivity index (χ0n) is 4.18. The minimum Gasteiger partial charge on any atom is -0.0358 e. The molecule has 0 radical (unpaired) electrons.